The molecule has 0 saturated heterocycles. The van der Waals surface area contributed by atoms with Crippen molar-refractivity contribution in [3.05, 3.63) is 88.9 Å². The number of ether oxygens (including phenoxy) is 1. The predicted octanol–water partition coefficient (Wildman–Crippen LogP) is 4.14. The highest BCUT2D eigenvalue weighted by atomic mass is 35.5. The first-order chi connectivity index (χ1) is 14.3. The van der Waals surface area contributed by atoms with E-state index in [1.54, 1.807) is 24.3 Å². The average Bonchev–Trinajstić information content (AvgIpc) is 2.73. The minimum absolute atomic E-state index is 0.0775. The van der Waals surface area contributed by atoms with Crippen molar-refractivity contribution in [1.29, 1.82) is 0 Å². The fourth-order valence-electron chi connectivity index (χ4n) is 2.67. The Labute approximate surface area is 180 Å². The Morgan fingerprint density at radius 3 is 2.37 bits per heavy atom. The second kappa shape index (κ2) is 9.65. The van der Waals surface area contributed by atoms with E-state index in [4.69, 9.17) is 16.3 Å². The first-order valence-electron chi connectivity index (χ1n) is 9.15. The van der Waals surface area contributed by atoms with Gasteiger partial charge in [0.2, 0.25) is 0 Å². The number of nitrogens with one attached hydrogen (secondary N) is 2. The van der Waals surface area contributed by atoms with Gasteiger partial charge in [-0.25, -0.2) is 8.42 Å². The van der Waals surface area contributed by atoms with Crippen LogP contribution in [0, 0.1) is 6.92 Å². The number of anilines is 1. The summed E-state index contributed by atoms with van der Waals surface area (Å²) in [4.78, 5) is 12.1. The molecule has 0 saturated carbocycles. The molecule has 0 radical (unpaired) electrons. The Bertz CT molecular complexity index is 1110. The van der Waals surface area contributed by atoms with Crippen molar-refractivity contribution < 1.29 is 17.9 Å². The molecule has 1 amide bonds. The van der Waals surface area contributed by atoms with Crippen LogP contribution in [-0.4, -0.2) is 20.9 Å². The maximum atomic E-state index is 12.5. The fourth-order valence-corrected chi connectivity index (χ4v) is 3.85. The Morgan fingerprint density at radius 2 is 1.70 bits per heavy atom. The van der Waals surface area contributed by atoms with Gasteiger partial charge in [0.05, 0.1) is 4.90 Å². The molecule has 8 heteroatoms. The van der Waals surface area contributed by atoms with E-state index >= 15 is 0 Å². The summed E-state index contributed by atoms with van der Waals surface area (Å²) in [5.41, 5.74) is 2.54. The Morgan fingerprint density at radius 1 is 1.00 bits per heavy atom. The van der Waals surface area contributed by atoms with E-state index in [9.17, 15) is 13.2 Å². The van der Waals surface area contributed by atoms with E-state index in [1.807, 2.05) is 31.2 Å². The van der Waals surface area contributed by atoms with Crippen molar-refractivity contribution in [2.24, 2.45) is 0 Å². The number of aryl methyl sites for hydroxylation is 1. The number of carbonyl (C=O) groups excluding carboxylic acids is 1. The number of benzene rings is 3. The number of sulfonamides is 1. The Hall–Kier alpha value is -3.03. The number of halogens is 1. The third kappa shape index (κ3) is 6.23. The first kappa shape index (κ1) is 21.7. The van der Waals surface area contributed by atoms with E-state index in [0.29, 0.717) is 23.0 Å². The topological polar surface area (TPSA) is 84.5 Å². The molecule has 0 fully saturated rings. The zero-order chi connectivity index (χ0) is 21.6. The first-order valence-corrected chi connectivity index (χ1v) is 11.0. The molecular weight excluding hydrogens is 424 g/mol. The zero-order valence-corrected chi connectivity index (χ0v) is 17.8. The van der Waals surface area contributed by atoms with Crippen molar-refractivity contribution in [3.63, 3.8) is 0 Å². The fraction of sp³-hybridized carbons (Fsp3) is 0.136. The lowest BCUT2D eigenvalue weighted by molar-refractivity contribution is -0.123. The molecule has 156 valence electrons. The molecule has 0 aliphatic carbocycles. The average molecular weight is 445 g/mol. The summed E-state index contributed by atoms with van der Waals surface area (Å²) in [6.07, 6.45) is 0. The second-order valence-electron chi connectivity index (χ2n) is 6.64. The summed E-state index contributed by atoms with van der Waals surface area (Å²) in [7, 11) is -3.74. The summed E-state index contributed by atoms with van der Waals surface area (Å²) >= 11 is 5.81. The minimum Gasteiger partial charge on any atom is -0.484 e. The van der Waals surface area contributed by atoms with Gasteiger partial charge in [-0.2, -0.15) is 0 Å². The monoisotopic (exact) mass is 444 g/mol. The van der Waals surface area contributed by atoms with Gasteiger partial charge < -0.3 is 10.1 Å². The van der Waals surface area contributed by atoms with Gasteiger partial charge in [-0.1, -0.05) is 41.4 Å². The predicted molar refractivity (Wildman–Crippen MR) is 117 cm³/mol. The molecule has 0 spiro atoms. The maximum Gasteiger partial charge on any atom is 0.261 e. The van der Waals surface area contributed by atoms with Gasteiger partial charge >= 0.3 is 0 Å². The van der Waals surface area contributed by atoms with E-state index in [0.717, 1.165) is 11.1 Å². The van der Waals surface area contributed by atoms with E-state index in [-0.39, 0.29) is 17.4 Å². The lowest BCUT2D eigenvalue weighted by Gasteiger charge is -2.10. The van der Waals surface area contributed by atoms with Crippen LogP contribution in [0.3, 0.4) is 0 Å². The molecule has 3 rings (SSSR count). The van der Waals surface area contributed by atoms with Crippen LogP contribution in [0.4, 0.5) is 5.69 Å². The summed E-state index contributed by atoms with van der Waals surface area (Å²) in [5.74, 6) is 0.128. The summed E-state index contributed by atoms with van der Waals surface area (Å²) < 4.78 is 32.8. The molecule has 2 N–H and O–H groups in total. The Balaban J connectivity index is 1.52. The summed E-state index contributed by atoms with van der Waals surface area (Å²) in [6.45, 7) is 2.24. The zero-order valence-electron chi connectivity index (χ0n) is 16.3. The largest absolute Gasteiger partial charge is 0.484 e. The number of amides is 1. The van der Waals surface area contributed by atoms with Crippen molar-refractivity contribution in [1.82, 2.24) is 5.32 Å². The van der Waals surface area contributed by atoms with Crippen LogP contribution in [0.1, 0.15) is 11.1 Å². The number of carbonyl (C=O) groups is 1. The highest BCUT2D eigenvalue weighted by molar-refractivity contribution is 7.92. The van der Waals surface area contributed by atoms with Crippen molar-refractivity contribution in [3.8, 4) is 5.75 Å². The van der Waals surface area contributed by atoms with Gasteiger partial charge in [-0.3, -0.25) is 9.52 Å². The van der Waals surface area contributed by atoms with Gasteiger partial charge in [0.25, 0.3) is 15.9 Å². The third-order valence-corrected chi connectivity index (χ3v) is 5.82. The third-order valence-electron chi connectivity index (χ3n) is 4.17. The lowest BCUT2D eigenvalue weighted by Crippen LogP contribution is -2.28. The molecule has 3 aromatic carbocycles. The lowest BCUT2D eigenvalue weighted by atomic mass is 10.1. The molecule has 30 heavy (non-hydrogen) atoms. The van der Waals surface area contributed by atoms with Crippen LogP contribution >= 0.6 is 11.6 Å². The molecule has 6 nitrogen and oxygen atoms in total. The minimum atomic E-state index is -3.74. The smallest absolute Gasteiger partial charge is 0.261 e. The van der Waals surface area contributed by atoms with Crippen LogP contribution in [0.5, 0.6) is 5.75 Å². The number of hydrogen-bond acceptors (Lipinski definition) is 4. The molecule has 0 aliphatic rings. The molecule has 0 heterocycles. The molecule has 0 atom stereocenters. The molecular formula is C22H21ClN2O4S. The summed E-state index contributed by atoms with van der Waals surface area (Å²) in [5, 5.41) is 3.30. The maximum absolute atomic E-state index is 12.5. The van der Waals surface area contributed by atoms with Crippen LogP contribution in [0.15, 0.2) is 77.7 Å². The normalized spacial score (nSPS) is 11.0. The van der Waals surface area contributed by atoms with Crippen molar-refractivity contribution in [2.45, 2.75) is 18.4 Å². The standard InChI is InChI=1S/C22H21ClN2O4S/c1-16-3-2-4-17(13-16)14-24-22(26)15-29-20-9-11-21(12-10-20)30(27,28)25-19-7-5-18(23)6-8-19/h2-13,25H,14-15H2,1H3,(H,24,26). The number of hydrogen-bond donors (Lipinski definition) is 2. The van der Waals surface area contributed by atoms with E-state index in [1.165, 1.54) is 24.3 Å². The van der Waals surface area contributed by atoms with E-state index in [2.05, 4.69) is 10.0 Å². The van der Waals surface area contributed by atoms with Crippen LogP contribution < -0.4 is 14.8 Å². The molecule has 0 aromatic heterocycles. The van der Waals surface area contributed by atoms with E-state index < -0.39 is 10.0 Å². The Kier molecular flexibility index (Phi) is 6.97. The van der Waals surface area contributed by atoms with Crippen LogP contribution in [0.25, 0.3) is 0 Å². The highest BCUT2D eigenvalue weighted by Crippen LogP contribution is 2.20. The quantitative estimate of drug-likeness (QED) is 0.546. The molecule has 0 bridgehead atoms. The van der Waals surface area contributed by atoms with Gasteiger partial charge in [0.15, 0.2) is 6.61 Å². The van der Waals surface area contributed by atoms with Gasteiger partial charge in [0.1, 0.15) is 5.75 Å². The van der Waals surface area contributed by atoms with Gasteiger partial charge in [-0.05, 0) is 61.0 Å². The molecule has 0 unspecified atom stereocenters. The number of rotatable bonds is 8. The molecule has 0 aliphatic heterocycles. The highest BCUT2D eigenvalue weighted by Gasteiger charge is 2.14. The molecule has 3 aromatic rings. The van der Waals surface area contributed by atoms with Crippen LogP contribution in [-0.2, 0) is 21.4 Å². The van der Waals surface area contributed by atoms with Crippen LogP contribution in [0.2, 0.25) is 5.02 Å². The van der Waals surface area contributed by atoms with Gasteiger partial charge in [-0.15, -0.1) is 0 Å². The SMILES string of the molecule is Cc1cccc(CNC(=O)COc2ccc(S(=O)(=O)Nc3ccc(Cl)cc3)cc2)c1. The van der Waals surface area contributed by atoms with Crippen molar-refractivity contribution in [2.75, 3.05) is 11.3 Å². The summed E-state index contributed by atoms with van der Waals surface area (Å²) in [6, 6.07) is 20.0. The van der Waals surface area contributed by atoms with Gasteiger partial charge in [0, 0.05) is 17.3 Å². The van der Waals surface area contributed by atoms with Crippen molar-refractivity contribution >= 4 is 33.2 Å². The second-order valence-corrected chi connectivity index (χ2v) is 8.76.